The monoisotopic (exact) mass is 227 g/mol. The van der Waals surface area contributed by atoms with Crippen LogP contribution < -0.4 is 0 Å². The van der Waals surface area contributed by atoms with Gasteiger partial charge in [0.05, 0.1) is 6.20 Å². The molecule has 0 aromatic carbocycles. The van der Waals surface area contributed by atoms with E-state index in [2.05, 4.69) is 22.3 Å². The zero-order valence-corrected chi connectivity index (χ0v) is 10.1. The first kappa shape index (κ1) is 10.5. The lowest BCUT2D eigenvalue weighted by Gasteiger charge is -2.25. The van der Waals surface area contributed by atoms with Gasteiger partial charge in [0, 0.05) is 36.3 Å². The normalized spacial score (nSPS) is 15.8. The van der Waals surface area contributed by atoms with Crippen LogP contribution in [0, 0.1) is 5.92 Å². The molecule has 1 aliphatic rings. The second-order valence-electron chi connectivity index (χ2n) is 4.90. The summed E-state index contributed by atoms with van der Waals surface area (Å²) in [5, 5.41) is 4.24. The third-order valence-electron chi connectivity index (χ3n) is 3.61. The maximum Gasteiger partial charge on any atom is 0.0568 e. The van der Waals surface area contributed by atoms with Gasteiger partial charge in [0.1, 0.15) is 0 Å². The highest BCUT2D eigenvalue weighted by Gasteiger charge is 2.20. The third-order valence-corrected chi connectivity index (χ3v) is 3.61. The highest BCUT2D eigenvalue weighted by Crippen LogP contribution is 2.32. The average molecular weight is 227 g/mol. The Bertz CT molecular complexity index is 512. The topological polar surface area (TPSA) is 30.7 Å². The Hall–Kier alpha value is -1.64. The second kappa shape index (κ2) is 4.32. The number of rotatable bonds is 3. The summed E-state index contributed by atoms with van der Waals surface area (Å²) in [6.07, 6.45) is 11.1. The number of hydrogen-bond donors (Lipinski definition) is 0. The number of aryl methyl sites for hydroxylation is 1. The van der Waals surface area contributed by atoms with Gasteiger partial charge in [0.2, 0.25) is 0 Å². The van der Waals surface area contributed by atoms with Crippen LogP contribution in [0.3, 0.4) is 0 Å². The van der Waals surface area contributed by atoms with Crippen molar-refractivity contribution in [3.8, 4) is 11.1 Å². The molecule has 0 unspecified atom stereocenters. The van der Waals surface area contributed by atoms with Crippen molar-refractivity contribution in [3.63, 3.8) is 0 Å². The van der Waals surface area contributed by atoms with E-state index in [9.17, 15) is 0 Å². The minimum atomic E-state index is 0.848. The molecule has 3 rings (SSSR count). The van der Waals surface area contributed by atoms with Crippen molar-refractivity contribution in [2.24, 2.45) is 13.0 Å². The Morgan fingerprint density at radius 1 is 1.41 bits per heavy atom. The van der Waals surface area contributed by atoms with Crippen LogP contribution in [0.25, 0.3) is 11.1 Å². The summed E-state index contributed by atoms with van der Waals surface area (Å²) in [6.45, 7) is 0. The summed E-state index contributed by atoms with van der Waals surface area (Å²) < 4.78 is 1.84. The van der Waals surface area contributed by atoms with Crippen LogP contribution in [0.5, 0.6) is 0 Å². The molecule has 0 aliphatic heterocycles. The summed E-state index contributed by atoms with van der Waals surface area (Å²) in [5.74, 6) is 0.848. The zero-order chi connectivity index (χ0) is 11.7. The summed E-state index contributed by atoms with van der Waals surface area (Å²) in [5.41, 5.74) is 3.65. The van der Waals surface area contributed by atoms with Crippen LogP contribution in [0.1, 0.15) is 25.0 Å². The van der Waals surface area contributed by atoms with E-state index in [0.717, 1.165) is 12.3 Å². The van der Waals surface area contributed by atoms with Crippen LogP contribution in [-0.2, 0) is 13.5 Å². The predicted molar refractivity (Wildman–Crippen MR) is 67.5 cm³/mol. The highest BCUT2D eigenvalue weighted by molar-refractivity contribution is 5.64. The van der Waals surface area contributed by atoms with E-state index in [1.165, 1.54) is 36.1 Å². The number of nitrogens with zero attached hydrogens (tertiary/aromatic N) is 3. The second-order valence-corrected chi connectivity index (χ2v) is 4.90. The van der Waals surface area contributed by atoms with Gasteiger partial charge in [-0.2, -0.15) is 5.10 Å². The van der Waals surface area contributed by atoms with E-state index in [4.69, 9.17) is 0 Å². The van der Waals surface area contributed by atoms with Crippen molar-refractivity contribution in [1.82, 2.24) is 14.8 Å². The fourth-order valence-corrected chi connectivity index (χ4v) is 2.39. The largest absolute Gasteiger partial charge is 0.275 e. The van der Waals surface area contributed by atoms with Crippen LogP contribution >= 0.6 is 0 Å². The van der Waals surface area contributed by atoms with Gasteiger partial charge < -0.3 is 0 Å². The SMILES string of the molecule is Cn1cc(-c2cccnc2CC2CCC2)cn1. The number of hydrogen-bond acceptors (Lipinski definition) is 2. The molecule has 0 N–H and O–H groups in total. The van der Waals surface area contributed by atoms with Crippen molar-refractivity contribution in [3.05, 3.63) is 36.4 Å². The summed E-state index contributed by atoms with van der Waals surface area (Å²) >= 11 is 0. The average Bonchev–Trinajstić information content (AvgIpc) is 2.71. The van der Waals surface area contributed by atoms with Crippen molar-refractivity contribution in [2.75, 3.05) is 0 Å². The van der Waals surface area contributed by atoms with Crippen molar-refractivity contribution >= 4 is 0 Å². The minimum Gasteiger partial charge on any atom is -0.275 e. The minimum absolute atomic E-state index is 0.848. The van der Waals surface area contributed by atoms with Gasteiger partial charge in [-0.3, -0.25) is 9.67 Å². The molecule has 88 valence electrons. The van der Waals surface area contributed by atoms with Gasteiger partial charge in [0.15, 0.2) is 0 Å². The fourth-order valence-electron chi connectivity index (χ4n) is 2.39. The molecule has 0 radical (unpaired) electrons. The van der Waals surface area contributed by atoms with Gasteiger partial charge in [-0.1, -0.05) is 25.3 Å². The van der Waals surface area contributed by atoms with Gasteiger partial charge >= 0.3 is 0 Å². The van der Waals surface area contributed by atoms with Crippen molar-refractivity contribution < 1.29 is 0 Å². The fraction of sp³-hybridized carbons (Fsp3) is 0.429. The molecule has 0 spiro atoms. The van der Waals surface area contributed by atoms with E-state index in [1.807, 2.05) is 30.2 Å². The van der Waals surface area contributed by atoms with Gasteiger partial charge in [-0.15, -0.1) is 0 Å². The molecule has 0 bridgehead atoms. The van der Waals surface area contributed by atoms with Crippen molar-refractivity contribution in [2.45, 2.75) is 25.7 Å². The van der Waals surface area contributed by atoms with Crippen LogP contribution in [0.2, 0.25) is 0 Å². The smallest absolute Gasteiger partial charge is 0.0568 e. The van der Waals surface area contributed by atoms with Gasteiger partial charge in [-0.05, 0) is 18.4 Å². The highest BCUT2D eigenvalue weighted by atomic mass is 15.2. The summed E-state index contributed by atoms with van der Waals surface area (Å²) in [4.78, 5) is 4.55. The number of aromatic nitrogens is 3. The summed E-state index contributed by atoms with van der Waals surface area (Å²) in [6, 6.07) is 4.16. The Balaban J connectivity index is 1.92. The Morgan fingerprint density at radius 2 is 2.29 bits per heavy atom. The molecule has 2 aromatic heterocycles. The molecular weight excluding hydrogens is 210 g/mol. The number of pyridine rings is 1. The maximum absolute atomic E-state index is 4.55. The molecule has 3 heteroatoms. The Morgan fingerprint density at radius 3 is 2.94 bits per heavy atom. The molecule has 2 heterocycles. The maximum atomic E-state index is 4.55. The lowest BCUT2D eigenvalue weighted by atomic mass is 9.81. The van der Waals surface area contributed by atoms with E-state index in [1.54, 1.807) is 0 Å². The first-order valence-corrected chi connectivity index (χ1v) is 6.26. The lowest BCUT2D eigenvalue weighted by Crippen LogP contribution is -2.15. The Labute approximate surface area is 101 Å². The molecule has 0 saturated heterocycles. The van der Waals surface area contributed by atoms with Gasteiger partial charge in [-0.25, -0.2) is 0 Å². The van der Waals surface area contributed by atoms with E-state index in [-0.39, 0.29) is 0 Å². The zero-order valence-electron chi connectivity index (χ0n) is 10.1. The van der Waals surface area contributed by atoms with Gasteiger partial charge in [0.25, 0.3) is 0 Å². The summed E-state index contributed by atoms with van der Waals surface area (Å²) in [7, 11) is 1.95. The third kappa shape index (κ3) is 2.09. The first-order chi connectivity index (χ1) is 8.33. The van der Waals surface area contributed by atoms with E-state index in [0.29, 0.717) is 0 Å². The quantitative estimate of drug-likeness (QED) is 0.807. The molecular formula is C14H17N3. The molecule has 0 amide bonds. The predicted octanol–water partition coefficient (Wildman–Crippen LogP) is 2.82. The lowest BCUT2D eigenvalue weighted by molar-refractivity contribution is 0.312. The standard InChI is InChI=1S/C14H17N3/c1-17-10-12(9-16-17)13-6-3-7-15-14(13)8-11-4-2-5-11/h3,6-7,9-11H,2,4-5,8H2,1H3. The van der Waals surface area contributed by atoms with Crippen LogP contribution in [0.4, 0.5) is 0 Å². The first-order valence-electron chi connectivity index (χ1n) is 6.26. The van der Waals surface area contributed by atoms with Crippen LogP contribution in [0.15, 0.2) is 30.7 Å². The molecule has 1 aliphatic carbocycles. The van der Waals surface area contributed by atoms with Crippen molar-refractivity contribution in [1.29, 1.82) is 0 Å². The van der Waals surface area contributed by atoms with Crippen LogP contribution in [-0.4, -0.2) is 14.8 Å². The molecule has 0 atom stereocenters. The van der Waals surface area contributed by atoms with E-state index < -0.39 is 0 Å². The molecule has 3 nitrogen and oxygen atoms in total. The molecule has 2 aromatic rings. The Kier molecular flexibility index (Phi) is 2.67. The van der Waals surface area contributed by atoms with E-state index >= 15 is 0 Å². The molecule has 1 fully saturated rings. The molecule has 17 heavy (non-hydrogen) atoms. The molecule has 1 saturated carbocycles.